The molecule has 0 saturated heterocycles. The zero-order chi connectivity index (χ0) is 23.8. The van der Waals surface area contributed by atoms with Crippen molar-refractivity contribution in [1.82, 2.24) is 15.0 Å². The van der Waals surface area contributed by atoms with Crippen molar-refractivity contribution in [2.24, 2.45) is 0 Å². The molecule has 1 aliphatic heterocycles. The lowest BCUT2D eigenvalue weighted by Crippen LogP contribution is -2.27. The van der Waals surface area contributed by atoms with Gasteiger partial charge in [-0.25, -0.2) is 18.4 Å². The van der Waals surface area contributed by atoms with E-state index in [0.717, 1.165) is 34.4 Å². The van der Waals surface area contributed by atoms with Gasteiger partial charge in [-0.15, -0.1) is 0 Å². The molecule has 0 fully saturated rings. The van der Waals surface area contributed by atoms with Gasteiger partial charge in [0, 0.05) is 29.4 Å². The Bertz CT molecular complexity index is 1350. The molecule has 33 heavy (non-hydrogen) atoms. The molecule has 3 aromatic rings. The van der Waals surface area contributed by atoms with E-state index in [1.54, 1.807) is 18.3 Å². The van der Waals surface area contributed by atoms with Crippen LogP contribution in [0.2, 0.25) is 5.15 Å². The van der Waals surface area contributed by atoms with E-state index in [2.05, 4.69) is 31.2 Å². The van der Waals surface area contributed by atoms with Crippen molar-refractivity contribution in [3.8, 4) is 16.9 Å². The summed E-state index contributed by atoms with van der Waals surface area (Å²) in [6.07, 6.45) is 4.38. The monoisotopic (exact) mass is 486 g/mol. The third kappa shape index (κ3) is 5.01. The zero-order valence-corrected chi connectivity index (χ0v) is 19.7. The lowest BCUT2D eigenvalue weighted by atomic mass is 10.0. The molecule has 11 heteroatoms. The van der Waals surface area contributed by atoms with Gasteiger partial charge in [-0.05, 0) is 30.7 Å². The minimum Gasteiger partial charge on any atom is -0.491 e. The molecule has 3 N–H and O–H groups in total. The highest BCUT2D eigenvalue weighted by Gasteiger charge is 2.21. The molecule has 0 saturated carbocycles. The van der Waals surface area contributed by atoms with Crippen LogP contribution in [-0.4, -0.2) is 42.8 Å². The minimum atomic E-state index is -3.50. The van der Waals surface area contributed by atoms with Crippen molar-refractivity contribution in [2.45, 2.75) is 13.5 Å². The van der Waals surface area contributed by atoms with Crippen LogP contribution in [0, 0.1) is 6.92 Å². The van der Waals surface area contributed by atoms with Crippen molar-refractivity contribution < 1.29 is 13.2 Å². The van der Waals surface area contributed by atoms with Crippen molar-refractivity contribution >= 4 is 45.2 Å². The third-order valence-corrected chi connectivity index (χ3v) is 6.04. The van der Waals surface area contributed by atoms with Crippen molar-refractivity contribution in [3.63, 3.8) is 0 Å². The summed E-state index contributed by atoms with van der Waals surface area (Å²) in [6.45, 7) is 7.36. The van der Waals surface area contributed by atoms with Crippen LogP contribution in [0.1, 0.15) is 16.8 Å². The summed E-state index contributed by atoms with van der Waals surface area (Å²) < 4.78 is 31.7. The average molecular weight is 487 g/mol. The Balaban J connectivity index is 1.72. The van der Waals surface area contributed by atoms with Gasteiger partial charge in [0.05, 0.1) is 24.2 Å². The number of rotatable bonds is 5. The smallest absolute Gasteiger partial charge is 0.229 e. The minimum absolute atomic E-state index is 0.0714. The number of anilines is 3. The molecule has 3 heterocycles. The molecule has 0 spiro atoms. The highest BCUT2D eigenvalue weighted by atomic mass is 35.5. The van der Waals surface area contributed by atoms with Crippen molar-refractivity contribution in [1.29, 1.82) is 0 Å². The van der Waals surface area contributed by atoms with Gasteiger partial charge in [0.2, 0.25) is 16.0 Å². The van der Waals surface area contributed by atoms with Gasteiger partial charge in [0.15, 0.2) is 5.15 Å². The van der Waals surface area contributed by atoms with Crippen LogP contribution in [0.15, 0.2) is 37.0 Å². The number of benzene rings is 1. The molecule has 0 radical (unpaired) electrons. The summed E-state index contributed by atoms with van der Waals surface area (Å²) in [4.78, 5) is 14.9. The Morgan fingerprint density at radius 3 is 2.79 bits per heavy atom. The fraction of sp³-hybridized carbons (Fsp3) is 0.227. The Kier molecular flexibility index (Phi) is 6.13. The molecule has 1 aromatic carbocycles. The van der Waals surface area contributed by atoms with E-state index in [4.69, 9.17) is 22.1 Å². The van der Waals surface area contributed by atoms with Gasteiger partial charge in [-0.1, -0.05) is 30.3 Å². The first-order valence-corrected chi connectivity index (χ1v) is 12.3. The van der Waals surface area contributed by atoms with E-state index in [1.807, 2.05) is 25.1 Å². The SMILES string of the molecule is C=Cc1c(C)nc(N)nc1N1CCOc2ccc(-c3cnc(Cl)c(NS(C)(=O)=O)c3)cc2C1. The van der Waals surface area contributed by atoms with E-state index in [1.165, 1.54) is 0 Å². The third-order valence-electron chi connectivity index (χ3n) is 5.15. The Morgan fingerprint density at radius 1 is 1.27 bits per heavy atom. The maximum absolute atomic E-state index is 11.7. The molecule has 9 nitrogen and oxygen atoms in total. The van der Waals surface area contributed by atoms with Crippen LogP contribution in [0.3, 0.4) is 0 Å². The Hall–Kier alpha value is -3.37. The van der Waals surface area contributed by atoms with E-state index in [0.29, 0.717) is 31.1 Å². The first kappa shape index (κ1) is 22.8. The summed E-state index contributed by atoms with van der Waals surface area (Å²) in [6, 6.07) is 7.41. The van der Waals surface area contributed by atoms with Crippen LogP contribution < -0.4 is 20.1 Å². The number of sulfonamides is 1. The number of pyridine rings is 1. The first-order chi connectivity index (χ1) is 15.6. The fourth-order valence-corrected chi connectivity index (χ4v) is 4.46. The van der Waals surface area contributed by atoms with E-state index in [9.17, 15) is 8.42 Å². The molecule has 172 valence electrons. The molecular formula is C22H23ClN6O3S. The van der Waals surface area contributed by atoms with E-state index in [-0.39, 0.29) is 16.8 Å². The number of fused-ring (bicyclic) bond motifs is 1. The molecule has 0 amide bonds. The summed E-state index contributed by atoms with van der Waals surface area (Å²) in [5.74, 6) is 1.66. The lowest BCUT2D eigenvalue weighted by Gasteiger charge is -2.24. The van der Waals surface area contributed by atoms with Crippen LogP contribution in [0.4, 0.5) is 17.5 Å². The fourth-order valence-electron chi connectivity index (χ4n) is 3.70. The van der Waals surface area contributed by atoms with Gasteiger partial charge >= 0.3 is 0 Å². The summed E-state index contributed by atoms with van der Waals surface area (Å²) in [5.41, 5.74) is 10.2. The number of hydrogen-bond acceptors (Lipinski definition) is 8. The molecule has 0 aliphatic carbocycles. The second-order valence-corrected chi connectivity index (χ2v) is 9.74. The number of nitrogens with one attached hydrogen (secondary N) is 1. The number of aromatic nitrogens is 3. The molecule has 2 aromatic heterocycles. The number of nitrogens with zero attached hydrogens (tertiary/aromatic N) is 4. The average Bonchev–Trinajstić information content (AvgIpc) is 2.95. The quantitative estimate of drug-likeness (QED) is 0.525. The highest BCUT2D eigenvalue weighted by Crippen LogP contribution is 2.34. The van der Waals surface area contributed by atoms with Gasteiger partial charge < -0.3 is 15.4 Å². The number of halogens is 1. The molecular weight excluding hydrogens is 464 g/mol. The van der Waals surface area contributed by atoms with E-state index < -0.39 is 10.0 Å². The number of nitrogens with two attached hydrogens (primary N) is 1. The van der Waals surface area contributed by atoms with Crippen LogP contribution >= 0.6 is 11.6 Å². The maximum atomic E-state index is 11.7. The molecule has 4 rings (SSSR count). The maximum Gasteiger partial charge on any atom is 0.229 e. The van der Waals surface area contributed by atoms with Crippen molar-refractivity contribution in [3.05, 3.63) is 59.0 Å². The molecule has 1 aliphatic rings. The normalized spacial score (nSPS) is 13.6. The van der Waals surface area contributed by atoms with Crippen molar-refractivity contribution in [2.75, 3.05) is 34.8 Å². The Morgan fingerprint density at radius 2 is 2.06 bits per heavy atom. The predicted molar refractivity (Wildman–Crippen MR) is 131 cm³/mol. The number of aryl methyl sites for hydroxylation is 1. The predicted octanol–water partition coefficient (Wildman–Crippen LogP) is 3.50. The Labute approximate surface area is 197 Å². The van der Waals surface area contributed by atoms with Gasteiger partial charge in [0.25, 0.3) is 0 Å². The summed E-state index contributed by atoms with van der Waals surface area (Å²) >= 11 is 6.07. The van der Waals surface area contributed by atoms with Gasteiger partial charge in [-0.3, -0.25) is 4.72 Å². The van der Waals surface area contributed by atoms with Gasteiger partial charge in [-0.2, -0.15) is 4.98 Å². The second kappa shape index (κ2) is 8.87. The van der Waals surface area contributed by atoms with Crippen LogP contribution in [-0.2, 0) is 16.6 Å². The number of nitrogen functional groups attached to an aromatic ring is 1. The zero-order valence-electron chi connectivity index (χ0n) is 18.2. The molecule has 0 bridgehead atoms. The first-order valence-electron chi connectivity index (χ1n) is 10.1. The lowest BCUT2D eigenvalue weighted by molar-refractivity contribution is 0.331. The van der Waals surface area contributed by atoms with Crippen LogP contribution in [0.5, 0.6) is 5.75 Å². The highest BCUT2D eigenvalue weighted by molar-refractivity contribution is 7.92. The molecule has 0 atom stereocenters. The molecule has 0 unspecified atom stereocenters. The second-order valence-electron chi connectivity index (χ2n) is 7.64. The van der Waals surface area contributed by atoms with E-state index >= 15 is 0 Å². The van der Waals surface area contributed by atoms with Crippen LogP contribution in [0.25, 0.3) is 17.2 Å². The standard InChI is InChI=1S/C22H23ClN6O3S/c1-4-17-13(2)26-22(24)27-21(17)29-7-8-32-19-6-5-14(9-16(19)12-29)15-10-18(20(23)25-11-15)28-33(3,30)31/h4-6,9-11,28H,1,7-8,12H2,2-3H3,(H2,24,26,27). The summed E-state index contributed by atoms with van der Waals surface area (Å²) in [7, 11) is -3.50. The largest absolute Gasteiger partial charge is 0.491 e. The van der Waals surface area contributed by atoms with Gasteiger partial charge in [0.1, 0.15) is 18.2 Å². The summed E-state index contributed by atoms with van der Waals surface area (Å²) in [5, 5.41) is 0.0714. The number of hydrogen-bond donors (Lipinski definition) is 2. The topological polar surface area (TPSA) is 123 Å². The number of ether oxygens (including phenoxy) is 1.